The number of hydrogen-bond donors (Lipinski definition) is 1. The van der Waals surface area contributed by atoms with Gasteiger partial charge in [0.25, 0.3) is 0 Å². The third kappa shape index (κ3) is 2.15. The van der Waals surface area contributed by atoms with Gasteiger partial charge in [-0.15, -0.1) is 0 Å². The van der Waals surface area contributed by atoms with Crippen molar-refractivity contribution in [2.45, 2.75) is 31.0 Å². The summed E-state index contributed by atoms with van der Waals surface area (Å²) in [7, 11) is 0. The first-order valence-electron chi connectivity index (χ1n) is 4.84. The maximum Gasteiger partial charge on any atom is 0.418 e. The number of halogens is 3. The van der Waals surface area contributed by atoms with Gasteiger partial charge in [-0.2, -0.15) is 13.2 Å². The maximum atomic E-state index is 12.3. The van der Waals surface area contributed by atoms with Crippen molar-refractivity contribution in [2.75, 3.05) is 0 Å². The van der Waals surface area contributed by atoms with Crippen LogP contribution in [0.5, 0.6) is 0 Å². The van der Waals surface area contributed by atoms with Gasteiger partial charge >= 0.3 is 6.18 Å². The number of benzene rings is 1. The zero-order chi connectivity index (χ0) is 11.1. The molecular formula is C11H11F3O. The summed E-state index contributed by atoms with van der Waals surface area (Å²) in [6.45, 7) is 0. The van der Waals surface area contributed by atoms with Crippen LogP contribution in [0.2, 0.25) is 0 Å². The van der Waals surface area contributed by atoms with Crippen LogP contribution in [0, 0.1) is 0 Å². The Morgan fingerprint density at radius 2 is 1.80 bits per heavy atom. The SMILES string of the molecule is O[C@H](c1ccccc1C1CC1)C(F)(F)F. The van der Waals surface area contributed by atoms with E-state index >= 15 is 0 Å². The molecule has 4 heteroatoms. The van der Waals surface area contributed by atoms with E-state index < -0.39 is 12.3 Å². The lowest BCUT2D eigenvalue weighted by Crippen LogP contribution is -2.21. The van der Waals surface area contributed by atoms with Gasteiger partial charge in [0.1, 0.15) is 0 Å². The molecule has 1 nitrogen and oxygen atoms in total. The van der Waals surface area contributed by atoms with Crippen molar-refractivity contribution in [3.8, 4) is 0 Å². The van der Waals surface area contributed by atoms with E-state index in [4.69, 9.17) is 0 Å². The number of rotatable bonds is 2. The molecule has 0 amide bonds. The van der Waals surface area contributed by atoms with E-state index in [2.05, 4.69) is 0 Å². The summed E-state index contributed by atoms with van der Waals surface area (Å²) in [5.41, 5.74) is 0.648. The van der Waals surface area contributed by atoms with E-state index in [9.17, 15) is 18.3 Å². The molecule has 0 heterocycles. The highest BCUT2D eigenvalue weighted by atomic mass is 19.4. The molecule has 82 valence electrons. The Labute approximate surface area is 85.5 Å². The fourth-order valence-electron chi connectivity index (χ4n) is 1.70. The fourth-order valence-corrected chi connectivity index (χ4v) is 1.70. The van der Waals surface area contributed by atoms with Gasteiger partial charge in [-0.25, -0.2) is 0 Å². The second-order valence-corrected chi connectivity index (χ2v) is 3.85. The molecule has 0 aromatic heterocycles. The average molecular weight is 216 g/mol. The molecule has 1 fully saturated rings. The summed E-state index contributed by atoms with van der Waals surface area (Å²) < 4.78 is 37.0. The van der Waals surface area contributed by atoms with Gasteiger partial charge in [0, 0.05) is 0 Å². The van der Waals surface area contributed by atoms with Crippen LogP contribution in [-0.4, -0.2) is 11.3 Å². The normalized spacial score (nSPS) is 18.9. The van der Waals surface area contributed by atoms with Crippen molar-refractivity contribution in [1.29, 1.82) is 0 Å². The minimum Gasteiger partial charge on any atom is -0.379 e. The van der Waals surface area contributed by atoms with Crippen LogP contribution in [0.4, 0.5) is 13.2 Å². The molecule has 1 aliphatic carbocycles. The molecule has 1 aromatic rings. The van der Waals surface area contributed by atoms with Crippen LogP contribution < -0.4 is 0 Å². The summed E-state index contributed by atoms with van der Waals surface area (Å²) in [6.07, 6.45) is -5.09. The summed E-state index contributed by atoms with van der Waals surface area (Å²) in [5.74, 6) is 0.207. The smallest absolute Gasteiger partial charge is 0.379 e. The van der Waals surface area contributed by atoms with Crippen LogP contribution in [0.3, 0.4) is 0 Å². The Morgan fingerprint density at radius 3 is 2.33 bits per heavy atom. The predicted octanol–water partition coefficient (Wildman–Crippen LogP) is 3.16. The highest BCUT2D eigenvalue weighted by molar-refractivity contribution is 5.35. The van der Waals surface area contributed by atoms with Crippen molar-refractivity contribution in [3.63, 3.8) is 0 Å². The Bertz CT molecular complexity index is 355. The topological polar surface area (TPSA) is 20.2 Å². The molecule has 0 unspecified atom stereocenters. The van der Waals surface area contributed by atoms with E-state index in [0.717, 1.165) is 12.8 Å². The number of aliphatic hydroxyl groups is 1. The molecule has 1 atom stereocenters. The van der Waals surface area contributed by atoms with Crippen molar-refractivity contribution >= 4 is 0 Å². The Balaban J connectivity index is 2.34. The molecule has 1 saturated carbocycles. The monoisotopic (exact) mass is 216 g/mol. The molecular weight excluding hydrogens is 205 g/mol. The molecule has 0 spiro atoms. The summed E-state index contributed by atoms with van der Waals surface area (Å²) in [6, 6.07) is 6.25. The molecule has 0 radical (unpaired) electrons. The zero-order valence-corrected chi connectivity index (χ0v) is 7.96. The maximum absolute atomic E-state index is 12.3. The third-order valence-corrected chi connectivity index (χ3v) is 2.62. The largest absolute Gasteiger partial charge is 0.418 e. The number of alkyl halides is 3. The van der Waals surface area contributed by atoms with Gasteiger partial charge in [0.15, 0.2) is 6.10 Å². The second kappa shape index (κ2) is 3.52. The molecule has 0 aliphatic heterocycles. The molecule has 0 saturated heterocycles. The van der Waals surface area contributed by atoms with Crippen LogP contribution >= 0.6 is 0 Å². The van der Waals surface area contributed by atoms with Gasteiger partial charge in [0.2, 0.25) is 0 Å². The van der Waals surface area contributed by atoms with E-state index in [1.54, 1.807) is 12.1 Å². The van der Waals surface area contributed by atoms with Crippen LogP contribution in [0.15, 0.2) is 24.3 Å². The molecule has 1 N–H and O–H groups in total. The second-order valence-electron chi connectivity index (χ2n) is 3.85. The Morgan fingerprint density at radius 1 is 1.20 bits per heavy atom. The first kappa shape index (κ1) is 10.5. The number of hydrogen-bond acceptors (Lipinski definition) is 1. The van der Waals surface area contributed by atoms with Gasteiger partial charge in [-0.05, 0) is 29.9 Å². The lowest BCUT2D eigenvalue weighted by molar-refractivity contribution is -0.207. The summed E-state index contributed by atoms with van der Waals surface area (Å²) in [5, 5.41) is 9.19. The highest BCUT2D eigenvalue weighted by Gasteiger charge is 2.41. The van der Waals surface area contributed by atoms with Crippen LogP contribution in [0.1, 0.15) is 36.0 Å². The van der Waals surface area contributed by atoms with Gasteiger partial charge < -0.3 is 5.11 Å². The van der Waals surface area contributed by atoms with Gasteiger partial charge in [-0.3, -0.25) is 0 Å². The van der Waals surface area contributed by atoms with Crippen molar-refractivity contribution in [2.24, 2.45) is 0 Å². The Hall–Kier alpha value is -1.03. The lowest BCUT2D eigenvalue weighted by Gasteiger charge is -2.17. The van der Waals surface area contributed by atoms with E-state index in [-0.39, 0.29) is 11.5 Å². The fraction of sp³-hybridized carbons (Fsp3) is 0.455. The summed E-state index contributed by atoms with van der Waals surface area (Å²) in [4.78, 5) is 0. The Kier molecular flexibility index (Phi) is 2.46. The van der Waals surface area contributed by atoms with E-state index in [1.165, 1.54) is 12.1 Å². The van der Waals surface area contributed by atoms with Crippen molar-refractivity contribution < 1.29 is 18.3 Å². The van der Waals surface area contributed by atoms with Crippen LogP contribution in [-0.2, 0) is 0 Å². The zero-order valence-electron chi connectivity index (χ0n) is 7.96. The molecule has 0 bridgehead atoms. The third-order valence-electron chi connectivity index (χ3n) is 2.62. The molecule has 2 rings (SSSR count). The standard InChI is InChI=1S/C11H11F3O/c12-11(13,14)10(15)9-4-2-1-3-8(9)7-5-6-7/h1-4,7,10,15H,5-6H2/t10-/m1/s1. The van der Waals surface area contributed by atoms with Gasteiger partial charge in [0.05, 0.1) is 0 Å². The first-order valence-corrected chi connectivity index (χ1v) is 4.84. The molecule has 1 aromatic carbocycles. The van der Waals surface area contributed by atoms with E-state index in [1.807, 2.05) is 0 Å². The number of aliphatic hydroxyl groups excluding tert-OH is 1. The van der Waals surface area contributed by atoms with Gasteiger partial charge in [-0.1, -0.05) is 24.3 Å². The molecule has 1 aliphatic rings. The quantitative estimate of drug-likeness (QED) is 0.805. The molecule has 15 heavy (non-hydrogen) atoms. The average Bonchev–Trinajstić information content (AvgIpc) is 2.98. The van der Waals surface area contributed by atoms with E-state index in [0.29, 0.717) is 5.56 Å². The predicted molar refractivity (Wildman–Crippen MR) is 49.4 cm³/mol. The first-order chi connectivity index (χ1) is 7.00. The summed E-state index contributed by atoms with van der Waals surface area (Å²) >= 11 is 0. The minimum absolute atomic E-state index is 0.00694. The minimum atomic E-state index is -4.58. The lowest BCUT2D eigenvalue weighted by atomic mass is 9.98. The van der Waals surface area contributed by atoms with Crippen molar-refractivity contribution in [1.82, 2.24) is 0 Å². The highest BCUT2D eigenvalue weighted by Crippen LogP contribution is 2.45. The van der Waals surface area contributed by atoms with Crippen LogP contribution in [0.25, 0.3) is 0 Å². The van der Waals surface area contributed by atoms with Crippen molar-refractivity contribution in [3.05, 3.63) is 35.4 Å².